The van der Waals surface area contributed by atoms with Crippen molar-refractivity contribution in [2.75, 3.05) is 10.8 Å². The van der Waals surface area contributed by atoms with E-state index in [1.807, 2.05) is 37.3 Å². The molecule has 0 spiro atoms. The van der Waals surface area contributed by atoms with Gasteiger partial charge in [-0.15, -0.1) is 0 Å². The van der Waals surface area contributed by atoms with Crippen molar-refractivity contribution in [1.82, 2.24) is 10.2 Å². The normalized spacial score (nSPS) is 14.0. The van der Waals surface area contributed by atoms with Gasteiger partial charge in [0, 0.05) is 39.6 Å². The predicted octanol–water partition coefficient (Wildman–Crippen LogP) is 7.85. The lowest BCUT2D eigenvalue weighted by Gasteiger charge is -2.34. The van der Waals surface area contributed by atoms with Crippen molar-refractivity contribution in [3.05, 3.63) is 129 Å². The van der Waals surface area contributed by atoms with E-state index < -0.39 is 28.5 Å². The Bertz CT molecular complexity index is 1780. The minimum Gasteiger partial charge on any atom is -0.352 e. The Balaban J connectivity index is 1.59. The molecule has 5 rings (SSSR count). The van der Waals surface area contributed by atoms with E-state index in [4.69, 9.17) is 34.8 Å². The van der Waals surface area contributed by atoms with Crippen molar-refractivity contribution >= 4 is 62.3 Å². The van der Waals surface area contributed by atoms with Gasteiger partial charge in [-0.1, -0.05) is 102 Å². The fraction of sp³-hybridized carbons (Fsp3) is 0.278. The number of aryl methyl sites for hydroxylation is 1. The summed E-state index contributed by atoms with van der Waals surface area (Å²) in [6.07, 6.45) is 3.93. The molecule has 1 fully saturated rings. The van der Waals surface area contributed by atoms with Crippen molar-refractivity contribution in [3.8, 4) is 0 Å². The molecule has 246 valence electrons. The van der Waals surface area contributed by atoms with Crippen LogP contribution in [0.4, 0.5) is 5.69 Å². The van der Waals surface area contributed by atoms with Crippen LogP contribution in [0.15, 0.2) is 102 Å². The second kappa shape index (κ2) is 15.6. The molecule has 1 N–H and O–H groups in total. The number of nitrogens with zero attached hydrogens (tertiary/aromatic N) is 2. The third kappa shape index (κ3) is 8.68. The largest absolute Gasteiger partial charge is 0.352 e. The van der Waals surface area contributed by atoms with Gasteiger partial charge >= 0.3 is 0 Å². The molecule has 0 bridgehead atoms. The van der Waals surface area contributed by atoms with E-state index >= 15 is 0 Å². The third-order valence-corrected chi connectivity index (χ3v) is 11.1. The first-order valence-corrected chi connectivity index (χ1v) is 18.0. The molecule has 4 aromatic carbocycles. The van der Waals surface area contributed by atoms with E-state index in [1.165, 1.54) is 17.0 Å². The molecule has 11 heteroatoms. The average Bonchev–Trinajstić information content (AvgIpc) is 3.57. The quantitative estimate of drug-likeness (QED) is 0.162. The molecule has 0 aromatic heterocycles. The summed E-state index contributed by atoms with van der Waals surface area (Å²) in [4.78, 5) is 30.2. The van der Waals surface area contributed by atoms with Crippen LogP contribution in [-0.2, 0) is 32.6 Å². The number of amides is 2. The molecule has 0 saturated heterocycles. The standard InChI is InChI=1S/C36H36Cl3N3O4S/c1-25-14-20-30(21-15-25)47(45,46)42(29-18-16-27(37)17-19-29)24-35(43)41(23-31-32(38)12-7-13-33(31)39)34(22-26-8-3-2-4-9-26)36(44)40-28-10-5-6-11-28/h2-4,7-9,12-21,28,34H,5-6,10-11,22-24H2,1H3,(H,40,44). The average molecular weight is 713 g/mol. The molecule has 1 unspecified atom stereocenters. The zero-order valence-electron chi connectivity index (χ0n) is 25.9. The Morgan fingerprint density at radius 2 is 1.45 bits per heavy atom. The van der Waals surface area contributed by atoms with Gasteiger partial charge in [-0.05, 0) is 73.9 Å². The predicted molar refractivity (Wildman–Crippen MR) is 189 cm³/mol. The topological polar surface area (TPSA) is 86.8 Å². The zero-order chi connectivity index (χ0) is 33.6. The maximum atomic E-state index is 14.7. The van der Waals surface area contributed by atoms with Gasteiger partial charge in [0.25, 0.3) is 10.0 Å². The van der Waals surface area contributed by atoms with Gasteiger partial charge in [-0.3, -0.25) is 13.9 Å². The Hall–Kier alpha value is -3.56. The second-order valence-corrected chi connectivity index (χ2v) is 14.8. The number of rotatable bonds is 12. The summed E-state index contributed by atoms with van der Waals surface area (Å²) in [6.45, 7) is 1.14. The van der Waals surface area contributed by atoms with Crippen LogP contribution in [0.3, 0.4) is 0 Å². The van der Waals surface area contributed by atoms with Crippen LogP contribution < -0.4 is 9.62 Å². The highest BCUT2D eigenvalue weighted by Gasteiger charge is 2.36. The van der Waals surface area contributed by atoms with Crippen molar-refractivity contribution in [2.45, 2.75) is 62.6 Å². The van der Waals surface area contributed by atoms with E-state index in [0.717, 1.165) is 41.1 Å². The number of sulfonamides is 1. The van der Waals surface area contributed by atoms with Gasteiger partial charge in [0.1, 0.15) is 12.6 Å². The van der Waals surface area contributed by atoms with Crippen molar-refractivity contribution < 1.29 is 18.0 Å². The number of hydrogen-bond donors (Lipinski definition) is 1. The van der Waals surface area contributed by atoms with Crippen LogP contribution in [0.25, 0.3) is 0 Å². The monoisotopic (exact) mass is 711 g/mol. The molecule has 1 aliphatic rings. The molecule has 2 amide bonds. The molecular weight excluding hydrogens is 677 g/mol. The maximum Gasteiger partial charge on any atom is 0.264 e. The molecule has 1 saturated carbocycles. The van der Waals surface area contributed by atoms with E-state index in [1.54, 1.807) is 54.6 Å². The zero-order valence-corrected chi connectivity index (χ0v) is 29.0. The van der Waals surface area contributed by atoms with Crippen molar-refractivity contribution in [2.24, 2.45) is 0 Å². The fourth-order valence-corrected chi connectivity index (χ4v) is 7.81. The number of carbonyl (C=O) groups is 2. The number of benzene rings is 4. The van der Waals surface area contributed by atoms with Crippen LogP contribution in [0, 0.1) is 6.92 Å². The van der Waals surface area contributed by atoms with Gasteiger partial charge in [0.15, 0.2) is 0 Å². The van der Waals surface area contributed by atoms with E-state index in [-0.39, 0.29) is 35.5 Å². The Labute approximate surface area is 291 Å². The highest BCUT2D eigenvalue weighted by atomic mass is 35.5. The molecular formula is C36H36Cl3N3O4S. The first-order chi connectivity index (χ1) is 22.5. The number of nitrogens with one attached hydrogen (secondary N) is 1. The minimum atomic E-state index is -4.23. The first kappa shape index (κ1) is 34.8. The SMILES string of the molecule is Cc1ccc(S(=O)(=O)N(CC(=O)N(Cc2c(Cl)cccc2Cl)C(Cc2ccccc2)C(=O)NC2CCCC2)c2ccc(Cl)cc2)cc1. The summed E-state index contributed by atoms with van der Waals surface area (Å²) in [5, 5.41) is 4.22. The van der Waals surface area contributed by atoms with E-state index in [2.05, 4.69) is 5.32 Å². The Morgan fingerprint density at radius 3 is 2.06 bits per heavy atom. The van der Waals surface area contributed by atoms with Gasteiger partial charge in [0.2, 0.25) is 11.8 Å². The number of halogens is 3. The molecule has 0 aliphatic heterocycles. The molecule has 4 aromatic rings. The third-order valence-electron chi connectivity index (χ3n) is 8.37. The van der Waals surface area contributed by atoms with Crippen LogP contribution in [-0.4, -0.2) is 43.8 Å². The maximum absolute atomic E-state index is 14.7. The molecule has 47 heavy (non-hydrogen) atoms. The molecule has 1 aliphatic carbocycles. The summed E-state index contributed by atoms with van der Waals surface area (Å²) >= 11 is 19.4. The highest BCUT2D eigenvalue weighted by Crippen LogP contribution is 2.30. The molecule has 7 nitrogen and oxygen atoms in total. The van der Waals surface area contributed by atoms with Gasteiger partial charge < -0.3 is 10.2 Å². The molecule has 0 radical (unpaired) electrons. The summed E-state index contributed by atoms with van der Waals surface area (Å²) < 4.78 is 29.4. The van der Waals surface area contributed by atoms with Gasteiger partial charge in [0.05, 0.1) is 10.6 Å². The lowest BCUT2D eigenvalue weighted by Crippen LogP contribution is -2.54. The molecule has 0 heterocycles. The lowest BCUT2D eigenvalue weighted by atomic mass is 10.0. The van der Waals surface area contributed by atoms with E-state index in [9.17, 15) is 18.0 Å². The minimum absolute atomic E-state index is 0.00546. The summed E-state index contributed by atoms with van der Waals surface area (Å²) in [5.41, 5.74) is 2.42. The lowest BCUT2D eigenvalue weighted by molar-refractivity contribution is -0.140. The first-order valence-electron chi connectivity index (χ1n) is 15.4. The summed E-state index contributed by atoms with van der Waals surface area (Å²) in [7, 11) is -4.23. The van der Waals surface area contributed by atoms with Crippen LogP contribution in [0.1, 0.15) is 42.4 Å². The number of hydrogen-bond acceptors (Lipinski definition) is 4. The van der Waals surface area contributed by atoms with Gasteiger partial charge in [-0.25, -0.2) is 8.42 Å². The van der Waals surface area contributed by atoms with Crippen LogP contribution >= 0.6 is 34.8 Å². The Kier molecular flexibility index (Phi) is 11.5. The molecule has 1 atom stereocenters. The van der Waals surface area contributed by atoms with Crippen LogP contribution in [0.2, 0.25) is 15.1 Å². The Morgan fingerprint density at radius 1 is 0.830 bits per heavy atom. The fourth-order valence-electron chi connectivity index (χ4n) is 5.75. The number of carbonyl (C=O) groups excluding carboxylic acids is 2. The van der Waals surface area contributed by atoms with E-state index in [0.29, 0.717) is 20.6 Å². The van der Waals surface area contributed by atoms with Crippen molar-refractivity contribution in [3.63, 3.8) is 0 Å². The smallest absolute Gasteiger partial charge is 0.264 e. The van der Waals surface area contributed by atoms with Gasteiger partial charge in [-0.2, -0.15) is 0 Å². The summed E-state index contributed by atoms with van der Waals surface area (Å²) in [5.74, 6) is -0.925. The highest BCUT2D eigenvalue weighted by molar-refractivity contribution is 7.92. The summed E-state index contributed by atoms with van der Waals surface area (Å²) in [6, 6.07) is 26.1. The number of anilines is 1. The van der Waals surface area contributed by atoms with Crippen molar-refractivity contribution in [1.29, 1.82) is 0 Å². The van der Waals surface area contributed by atoms with Crippen LogP contribution in [0.5, 0.6) is 0 Å². The second-order valence-electron chi connectivity index (χ2n) is 11.7.